The lowest BCUT2D eigenvalue weighted by Crippen LogP contribution is -2.44. The maximum absolute atomic E-state index is 12.4. The topological polar surface area (TPSA) is 70.7 Å². The second kappa shape index (κ2) is 8.53. The second-order valence-electron chi connectivity index (χ2n) is 7.72. The number of aryl methyl sites for hydroxylation is 2. The summed E-state index contributed by atoms with van der Waals surface area (Å²) >= 11 is 5.94. The van der Waals surface area contributed by atoms with Crippen molar-refractivity contribution in [2.24, 2.45) is 0 Å². The maximum Gasteiger partial charge on any atom is 0.419 e. The molecule has 1 aliphatic rings. The number of piperazine rings is 1. The van der Waals surface area contributed by atoms with Crippen LogP contribution in [0.2, 0.25) is 5.02 Å². The lowest BCUT2D eigenvalue weighted by molar-refractivity contribution is -0.116. The van der Waals surface area contributed by atoms with Gasteiger partial charge in [-0.1, -0.05) is 11.6 Å². The molecule has 1 N–H and O–H groups in total. The Morgan fingerprint density at radius 2 is 1.90 bits per heavy atom. The van der Waals surface area contributed by atoms with Gasteiger partial charge in [0.05, 0.1) is 5.52 Å². The fourth-order valence-electron chi connectivity index (χ4n) is 3.82. The van der Waals surface area contributed by atoms with E-state index in [1.807, 2.05) is 12.1 Å². The monoisotopic (exact) mass is 428 g/mol. The van der Waals surface area contributed by atoms with Crippen LogP contribution in [0.3, 0.4) is 0 Å². The smallest absolute Gasteiger partial charge is 0.408 e. The molecule has 1 fully saturated rings. The van der Waals surface area contributed by atoms with E-state index in [1.54, 1.807) is 18.2 Å². The van der Waals surface area contributed by atoms with Crippen molar-refractivity contribution in [1.82, 2.24) is 9.47 Å². The minimum Gasteiger partial charge on any atom is -0.408 e. The normalized spacial score (nSPS) is 15.0. The van der Waals surface area contributed by atoms with Crippen molar-refractivity contribution in [2.75, 3.05) is 43.4 Å². The molecule has 0 unspecified atom stereocenters. The molecule has 1 aliphatic heterocycles. The number of anilines is 2. The fraction of sp³-hybridized carbons (Fsp3) is 0.364. The molecule has 0 aliphatic carbocycles. The van der Waals surface area contributed by atoms with Crippen molar-refractivity contribution < 1.29 is 9.21 Å². The summed E-state index contributed by atoms with van der Waals surface area (Å²) in [5, 5.41) is 3.42. The summed E-state index contributed by atoms with van der Waals surface area (Å²) in [6.07, 6.45) is 0.163. The van der Waals surface area contributed by atoms with Crippen LogP contribution in [-0.4, -0.2) is 48.6 Å². The Bertz CT molecular complexity index is 1130. The highest BCUT2D eigenvalue weighted by Crippen LogP contribution is 2.25. The highest BCUT2D eigenvalue weighted by Gasteiger charge is 2.16. The number of amides is 1. The lowest BCUT2D eigenvalue weighted by atomic mass is 10.1. The van der Waals surface area contributed by atoms with Gasteiger partial charge >= 0.3 is 5.76 Å². The van der Waals surface area contributed by atoms with E-state index in [0.29, 0.717) is 16.1 Å². The first-order valence-corrected chi connectivity index (χ1v) is 10.4. The lowest BCUT2D eigenvalue weighted by Gasteiger charge is -2.35. The molecule has 2 aromatic carbocycles. The van der Waals surface area contributed by atoms with E-state index in [-0.39, 0.29) is 18.9 Å². The Hall–Kier alpha value is -2.77. The van der Waals surface area contributed by atoms with Crippen LogP contribution in [0.5, 0.6) is 0 Å². The van der Waals surface area contributed by atoms with Gasteiger partial charge in [0.25, 0.3) is 0 Å². The summed E-state index contributed by atoms with van der Waals surface area (Å²) < 4.78 is 6.66. The largest absolute Gasteiger partial charge is 0.419 e. The molecule has 0 atom stereocenters. The van der Waals surface area contributed by atoms with Crippen molar-refractivity contribution in [3.05, 3.63) is 57.5 Å². The fourth-order valence-corrected chi connectivity index (χ4v) is 3.99. The summed E-state index contributed by atoms with van der Waals surface area (Å²) in [6.45, 7) is 6.39. The van der Waals surface area contributed by atoms with E-state index in [2.05, 4.69) is 35.2 Å². The van der Waals surface area contributed by atoms with E-state index < -0.39 is 5.76 Å². The predicted octanol–water partition coefficient (Wildman–Crippen LogP) is 3.34. The van der Waals surface area contributed by atoms with E-state index in [0.717, 1.165) is 37.4 Å². The zero-order chi connectivity index (χ0) is 21.3. The van der Waals surface area contributed by atoms with Crippen LogP contribution < -0.4 is 16.0 Å². The van der Waals surface area contributed by atoms with Crippen molar-refractivity contribution in [1.29, 1.82) is 0 Å². The van der Waals surface area contributed by atoms with Crippen LogP contribution >= 0.6 is 11.6 Å². The predicted molar refractivity (Wildman–Crippen MR) is 120 cm³/mol. The average molecular weight is 429 g/mol. The number of nitrogens with zero attached hydrogens (tertiary/aromatic N) is 3. The molecule has 3 aromatic rings. The van der Waals surface area contributed by atoms with Crippen molar-refractivity contribution in [2.45, 2.75) is 19.9 Å². The van der Waals surface area contributed by atoms with Gasteiger partial charge in [0.15, 0.2) is 5.58 Å². The maximum atomic E-state index is 12.4. The molecule has 0 saturated carbocycles. The standard InChI is InChI=1S/C22H25ClN4O3/c1-15-13-17(4-6-18(15)26-11-9-25(2)10-12-26)24-21(28)7-8-27-19-5-3-16(23)14-20(19)30-22(27)29/h3-6,13-14H,7-12H2,1-2H3,(H,24,28). The molecule has 158 valence electrons. The highest BCUT2D eigenvalue weighted by molar-refractivity contribution is 6.31. The summed E-state index contributed by atoms with van der Waals surface area (Å²) in [4.78, 5) is 29.2. The minimum atomic E-state index is -0.493. The summed E-state index contributed by atoms with van der Waals surface area (Å²) in [7, 11) is 2.14. The molecule has 1 aromatic heterocycles. The number of aromatic nitrogens is 1. The molecule has 7 nitrogen and oxygen atoms in total. The third-order valence-electron chi connectivity index (χ3n) is 5.52. The Morgan fingerprint density at radius 3 is 2.63 bits per heavy atom. The number of carbonyl (C=O) groups excluding carboxylic acids is 1. The van der Waals surface area contributed by atoms with Gasteiger partial charge in [-0.15, -0.1) is 0 Å². The van der Waals surface area contributed by atoms with Gasteiger partial charge in [-0.3, -0.25) is 9.36 Å². The number of likely N-dealkylation sites (N-methyl/N-ethyl adjacent to an activating group) is 1. The summed E-state index contributed by atoms with van der Waals surface area (Å²) in [5.74, 6) is -0.649. The van der Waals surface area contributed by atoms with E-state index in [1.165, 1.54) is 10.3 Å². The van der Waals surface area contributed by atoms with Crippen molar-refractivity contribution >= 4 is 40.0 Å². The molecule has 30 heavy (non-hydrogen) atoms. The first kappa shape index (κ1) is 20.5. The molecular weight excluding hydrogens is 404 g/mol. The number of carbonyl (C=O) groups is 1. The Kier molecular flexibility index (Phi) is 5.83. The Labute approximate surface area is 179 Å². The molecule has 1 amide bonds. The molecular formula is C22H25ClN4O3. The van der Waals surface area contributed by atoms with Gasteiger partial charge in [0.2, 0.25) is 5.91 Å². The Balaban J connectivity index is 1.39. The van der Waals surface area contributed by atoms with E-state index in [9.17, 15) is 9.59 Å². The van der Waals surface area contributed by atoms with Gasteiger partial charge in [-0.2, -0.15) is 0 Å². The summed E-state index contributed by atoms with van der Waals surface area (Å²) in [6, 6.07) is 11.0. The number of rotatable bonds is 5. The zero-order valence-corrected chi connectivity index (χ0v) is 17.9. The molecule has 4 rings (SSSR count). The van der Waals surface area contributed by atoms with Crippen molar-refractivity contribution in [3.63, 3.8) is 0 Å². The van der Waals surface area contributed by atoms with Gasteiger partial charge in [0.1, 0.15) is 0 Å². The van der Waals surface area contributed by atoms with Gasteiger partial charge in [0, 0.05) is 61.6 Å². The van der Waals surface area contributed by atoms with Crippen LogP contribution in [0, 0.1) is 6.92 Å². The number of halogens is 1. The van der Waals surface area contributed by atoms with Crippen LogP contribution in [0.15, 0.2) is 45.6 Å². The third kappa shape index (κ3) is 4.37. The van der Waals surface area contributed by atoms with Crippen LogP contribution in [0.25, 0.3) is 11.1 Å². The number of hydrogen-bond acceptors (Lipinski definition) is 5. The van der Waals surface area contributed by atoms with E-state index >= 15 is 0 Å². The average Bonchev–Trinajstić information content (AvgIpc) is 3.01. The van der Waals surface area contributed by atoms with Gasteiger partial charge in [-0.25, -0.2) is 4.79 Å². The molecule has 8 heteroatoms. The minimum absolute atomic E-state index is 0.156. The van der Waals surface area contributed by atoms with Crippen LogP contribution in [0.1, 0.15) is 12.0 Å². The van der Waals surface area contributed by atoms with Crippen molar-refractivity contribution in [3.8, 4) is 0 Å². The quantitative estimate of drug-likeness (QED) is 0.675. The number of benzene rings is 2. The second-order valence-corrected chi connectivity index (χ2v) is 8.16. The summed E-state index contributed by atoms with van der Waals surface area (Å²) in [5.41, 5.74) is 4.14. The van der Waals surface area contributed by atoms with Gasteiger partial charge in [-0.05, 0) is 49.9 Å². The van der Waals surface area contributed by atoms with E-state index in [4.69, 9.17) is 16.0 Å². The molecule has 1 saturated heterocycles. The van der Waals surface area contributed by atoms with Gasteiger partial charge < -0.3 is 19.5 Å². The number of fused-ring (bicyclic) bond motifs is 1. The SMILES string of the molecule is Cc1cc(NC(=O)CCn2c(=O)oc3cc(Cl)ccc32)ccc1N1CCN(C)CC1. The molecule has 2 heterocycles. The Morgan fingerprint density at radius 1 is 1.13 bits per heavy atom. The number of hydrogen-bond donors (Lipinski definition) is 1. The number of nitrogens with one attached hydrogen (secondary N) is 1. The van der Waals surface area contributed by atoms with Crippen LogP contribution in [0.4, 0.5) is 11.4 Å². The van der Waals surface area contributed by atoms with Crippen LogP contribution in [-0.2, 0) is 11.3 Å². The first-order chi connectivity index (χ1) is 14.4. The zero-order valence-electron chi connectivity index (χ0n) is 17.2. The molecule has 0 spiro atoms. The molecule has 0 radical (unpaired) electrons. The number of oxazole rings is 1. The first-order valence-electron chi connectivity index (χ1n) is 10.0. The highest BCUT2D eigenvalue weighted by atomic mass is 35.5. The third-order valence-corrected chi connectivity index (χ3v) is 5.75. The molecule has 0 bridgehead atoms.